The molecule has 0 aliphatic rings. The van der Waals surface area contributed by atoms with E-state index in [0.29, 0.717) is 17.2 Å². The topological polar surface area (TPSA) is 107 Å². The van der Waals surface area contributed by atoms with E-state index in [4.69, 9.17) is 15.3 Å². The molecule has 8 heteroatoms. The molecule has 5 aromatic carbocycles. The van der Waals surface area contributed by atoms with Crippen molar-refractivity contribution in [2.24, 2.45) is 5.16 Å². The number of benzene rings is 5. The molecule has 6 aromatic rings. The lowest BCUT2D eigenvalue weighted by molar-refractivity contribution is -0.129. The van der Waals surface area contributed by atoms with Gasteiger partial charge in [-0.3, -0.25) is 0 Å². The number of rotatable bonds is 12. The molecule has 0 unspecified atom stereocenters. The number of carboxylic acids is 1. The van der Waals surface area contributed by atoms with Crippen LogP contribution in [0.3, 0.4) is 0 Å². The second-order valence-corrected chi connectivity index (χ2v) is 11.5. The minimum Gasteiger partial charge on any atom is -0.489 e. The maximum Gasteiger partial charge on any atom is 0.360 e. The Balaban J connectivity index is 1.27. The van der Waals surface area contributed by atoms with Crippen LogP contribution in [0.4, 0.5) is 5.13 Å². The number of oxime groups is 1. The molecule has 6 rings (SSSR count). The largest absolute Gasteiger partial charge is 0.489 e. The first-order valence-corrected chi connectivity index (χ1v) is 15.5. The van der Waals surface area contributed by atoms with Gasteiger partial charge in [-0.2, -0.15) is 0 Å². The summed E-state index contributed by atoms with van der Waals surface area (Å²) >= 11 is 1.22. The Bertz CT molecular complexity index is 1890. The van der Waals surface area contributed by atoms with Gasteiger partial charge in [-0.1, -0.05) is 144 Å². The molecule has 3 N–H and O–H groups in total. The minimum atomic E-state index is -1.27. The summed E-state index contributed by atoms with van der Waals surface area (Å²) in [7, 11) is 0. The maximum absolute atomic E-state index is 12.5. The molecule has 0 aliphatic carbocycles. The molecule has 0 spiro atoms. The summed E-state index contributed by atoms with van der Waals surface area (Å²) in [5.74, 6) is -0.667. The Kier molecular flexibility index (Phi) is 9.46. The second kappa shape index (κ2) is 14.4. The minimum absolute atomic E-state index is 0.0609. The van der Waals surface area contributed by atoms with Gasteiger partial charge in [0.25, 0.3) is 0 Å². The van der Waals surface area contributed by atoms with Crippen molar-refractivity contribution in [1.82, 2.24) is 4.98 Å². The standard InChI is InChI=1S/C38H31N3O4S/c39-38-40-34(35(37(42)43)41-45-25-27-20-22-30(23-21-27)44-24-26-12-4-1-5-13-26)36(46-38)32-19-11-10-18-31(32)33(28-14-6-2-7-15-28)29-16-8-3-9-17-29/h1-23,33H,24-25H2,(H2,39,40)(H,42,43). The van der Waals surface area contributed by atoms with Crippen LogP contribution in [-0.4, -0.2) is 21.8 Å². The van der Waals surface area contributed by atoms with Crippen LogP contribution in [0.2, 0.25) is 0 Å². The summed E-state index contributed by atoms with van der Waals surface area (Å²) in [6, 6.07) is 45.7. The summed E-state index contributed by atoms with van der Waals surface area (Å²) in [5, 5.41) is 14.5. The van der Waals surface area contributed by atoms with Crippen molar-refractivity contribution in [3.05, 3.63) is 173 Å². The average molecular weight is 626 g/mol. The summed E-state index contributed by atoms with van der Waals surface area (Å²) in [4.78, 5) is 23.1. The molecule has 0 saturated heterocycles. The molecule has 0 saturated carbocycles. The van der Waals surface area contributed by atoms with E-state index < -0.39 is 5.97 Å². The molecular weight excluding hydrogens is 595 g/mol. The van der Waals surface area contributed by atoms with Crippen LogP contribution in [0, 0.1) is 0 Å². The molecule has 0 radical (unpaired) electrons. The monoisotopic (exact) mass is 625 g/mol. The quantitative estimate of drug-likeness (QED) is 0.0807. The first-order valence-electron chi connectivity index (χ1n) is 14.7. The van der Waals surface area contributed by atoms with Crippen LogP contribution in [0.15, 0.2) is 145 Å². The maximum atomic E-state index is 12.5. The number of nitrogen functional groups attached to an aromatic ring is 1. The van der Waals surface area contributed by atoms with E-state index in [-0.39, 0.29) is 29.1 Å². The number of carbonyl (C=O) groups is 1. The van der Waals surface area contributed by atoms with Crippen molar-refractivity contribution < 1.29 is 19.5 Å². The van der Waals surface area contributed by atoms with Gasteiger partial charge in [-0.15, -0.1) is 0 Å². The molecule has 0 bridgehead atoms. The van der Waals surface area contributed by atoms with Gasteiger partial charge in [0.15, 0.2) is 5.13 Å². The summed E-state index contributed by atoms with van der Waals surface area (Å²) in [6.07, 6.45) is 0. The van der Waals surface area contributed by atoms with Crippen LogP contribution in [0.1, 0.15) is 39.4 Å². The van der Waals surface area contributed by atoms with Gasteiger partial charge in [-0.25, -0.2) is 9.78 Å². The van der Waals surface area contributed by atoms with Gasteiger partial charge in [0.1, 0.15) is 24.7 Å². The first-order chi connectivity index (χ1) is 22.6. The van der Waals surface area contributed by atoms with Gasteiger partial charge in [-0.05, 0) is 45.5 Å². The fourth-order valence-corrected chi connectivity index (χ4v) is 6.14. The third kappa shape index (κ3) is 7.14. The molecule has 46 heavy (non-hydrogen) atoms. The van der Waals surface area contributed by atoms with E-state index in [9.17, 15) is 9.90 Å². The van der Waals surface area contributed by atoms with Gasteiger partial charge >= 0.3 is 5.97 Å². The third-order valence-corrected chi connectivity index (χ3v) is 8.33. The van der Waals surface area contributed by atoms with Gasteiger partial charge in [0, 0.05) is 5.92 Å². The molecule has 0 aliphatic heterocycles. The molecule has 0 amide bonds. The lowest BCUT2D eigenvalue weighted by atomic mass is 9.82. The van der Waals surface area contributed by atoms with Crippen LogP contribution in [0.25, 0.3) is 10.4 Å². The van der Waals surface area contributed by atoms with E-state index in [1.807, 2.05) is 109 Å². The number of ether oxygens (including phenoxy) is 1. The fraction of sp³-hybridized carbons (Fsp3) is 0.0789. The van der Waals surface area contributed by atoms with E-state index in [1.54, 1.807) is 0 Å². The number of carboxylic acid groups (broad SMARTS) is 1. The number of aromatic nitrogens is 1. The van der Waals surface area contributed by atoms with Crippen LogP contribution in [-0.2, 0) is 22.8 Å². The molecule has 1 heterocycles. The van der Waals surface area contributed by atoms with E-state index in [1.165, 1.54) is 11.3 Å². The number of hydrogen-bond donors (Lipinski definition) is 2. The number of nitrogens with two attached hydrogens (primary N) is 1. The highest BCUT2D eigenvalue weighted by molar-refractivity contribution is 7.19. The van der Waals surface area contributed by atoms with E-state index in [2.05, 4.69) is 40.5 Å². The SMILES string of the molecule is Nc1nc(C(=NOCc2ccc(OCc3ccccc3)cc2)C(=O)O)c(-c2ccccc2C(c2ccccc2)c2ccccc2)s1. The summed E-state index contributed by atoms with van der Waals surface area (Å²) in [6.45, 7) is 0.522. The molecular formula is C38H31N3O4S. The van der Waals surface area contributed by atoms with Crippen LogP contribution >= 0.6 is 11.3 Å². The van der Waals surface area contributed by atoms with Crippen LogP contribution in [0.5, 0.6) is 5.75 Å². The Labute approximate surface area is 271 Å². The summed E-state index contributed by atoms with van der Waals surface area (Å²) in [5.41, 5.74) is 11.9. The van der Waals surface area contributed by atoms with Crippen molar-refractivity contribution in [3.8, 4) is 16.2 Å². The van der Waals surface area contributed by atoms with Gasteiger partial charge in [0.05, 0.1) is 4.88 Å². The van der Waals surface area contributed by atoms with Crippen molar-refractivity contribution in [3.63, 3.8) is 0 Å². The fourth-order valence-electron chi connectivity index (χ4n) is 5.26. The Hall–Kier alpha value is -5.73. The van der Waals surface area contributed by atoms with Crippen molar-refractivity contribution in [2.45, 2.75) is 19.1 Å². The second-order valence-electron chi connectivity index (χ2n) is 10.5. The molecule has 7 nitrogen and oxygen atoms in total. The first kappa shape index (κ1) is 30.3. The predicted octanol–water partition coefficient (Wildman–Crippen LogP) is 8.16. The predicted molar refractivity (Wildman–Crippen MR) is 182 cm³/mol. The highest BCUT2D eigenvalue weighted by atomic mass is 32.1. The molecule has 228 valence electrons. The zero-order valence-corrected chi connectivity index (χ0v) is 25.6. The molecule has 0 fully saturated rings. The summed E-state index contributed by atoms with van der Waals surface area (Å²) < 4.78 is 5.85. The molecule has 1 aromatic heterocycles. The van der Waals surface area contributed by atoms with Gasteiger partial charge < -0.3 is 20.4 Å². The third-order valence-electron chi connectivity index (χ3n) is 7.41. The van der Waals surface area contributed by atoms with Gasteiger partial charge in [0.2, 0.25) is 5.71 Å². The smallest absolute Gasteiger partial charge is 0.360 e. The lowest BCUT2D eigenvalue weighted by Gasteiger charge is -2.22. The highest BCUT2D eigenvalue weighted by Gasteiger charge is 2.27. The number of anilines is 1. The number of nitrogens with zero attached hydrogens (tertiary/aromatic N) is 2. The Morgan fingerprint density at radius 1 is 0.739 bits per heavy atom. The lowest BCUT2D eigenvalue weighted by Crippen LogP contribution is -2.17. The van der Waals surface area contributed by atoms with E-state index >= 15 is 0 Å². The normalized spacial score (nSPS) is 11.4. The Morgan fingerprint density at radius 3 is 1.93 bits per heavy atom. The highest BCUT2D eigenvalue weighted by Crippen LogP contribution is 2.41. The van der Waals surface area contributed by atoms with E-state index in [0.717, 1.165) is 33.4 Å². The van der Waals surface area contributed by atoms with Crippen molar-refractivity contribution in [2.75, 3.05) is 5.73 Å². The van der Waals surface area contributed by atoms with Crippen LogP contribution < -0.4 is 10.5 Å². The van der Waals surface area contributed by atoms with Crippen molar-refractivity contribution >= 4 is 28.1 Å². The Morgan fingerprint density at radius 2 is 1.30 bits per heavy atom. The zero-order valence-electron chi connectivity index (χ0n) is 24.8. The van der Waals surface area contributed by atoms with Crippen molar-refractivity contribution in [1.29, 1.82) is 0 Å². The average Bonchev–Trinajstić information content (AvgIpc) is 3.48. The number of thiazole rings is 1. The molecule has 0 atom stereocenters. The zero-order chi connectivity index (χ0) is 31.7. The number of aliphatic carboxylic acids is 1. The number of hydrogen-bond acceptors (Lipinski definition) is 7.